The van der Waals surface area contributed by atoms with Crippen molar-refractivity contribution in [2.24, 2.45) is 0 Å². The van der Waals surface area contributed by atoms with Crippen LogP contribution >= 0.6 is 22.6 Å². The number of hydrogen-bond acceptors (Lipinski definition) is 3. The first-order valence-corrected chi connectivity index (χ1v) is 7.27. The summed E-state index contributed by atoms with van der Waals surface area (Å²) in [5, 5.41) is 10.9. The molecule has 0 fully saturated rings. The van der Waals surface area contributed by atoms with Gasteiger partial charge in [0.25, 0.3) is 11.6 Å². The van der Waals surface area contributed by atoms with E-state index in [1.165, 1.54) is 17.0 Å². The molecule has 2 aromatic carbocycles. The van der Waals surface area contributed by atoms with E-state index in [0.29, 0.717) is 9.13 Å². The molecule has 1 amide bonds. The van der Waals surface area contributed by atoms with E-state index in [-0.39, 0.29) is 11.6 Å². The zero-order valence-electron chi connectivity index (χ0n) is 11.5. The number of non-ortho nitro benzene ring substituents is 1. The molecule has 0 atom stereocenters. The predicted molar refractivity (Wildman–Crippen MR) is 89.7 cm³/mol. The fraction of sp³-hybridized carbons (Fsp3) is 0.133. The summed E-state index contributed by atoms with van der Waals surface area (Å²) in [6.07, 6.45) is 0. The van der Waals surface area contributed by atoms with Crippen LogP contribution in [0.5, 0.6) is 0 Å². The average Bonchev–Trinajstić information content (AvgIpc) is 2.46. The van der Waals surface area contributed by atoms with E-state index >= 15 is 0 Å². The van der Waals surface area contributed by atoms with Crippen molar-refractivity contribution in [1.82, 2.24) is 0 Å². The van der Waals surface area contributed by atoms with Crippen LogP contribution in [0.3, 0.4) is 0 Å². The summed E-state index contributed by atoms with van der Waals surface area (Å²) < 4.78 is 0.684. The Kier molecular flexibility index (Phi) is 4.56. The number of nitro benzene ring substituents is 1. The molecule has 0 unspecified atom stereocenters. The second-order valence-electron chi connectivity index (χ2n) is 4.57. The minimum absolute atomic E-state index is 0.0862. The number of carbonyl (C=O) groups is 1. The number of benzene rings is 2. The van der Waals surface area contributed by atoms with E-state index in [4.69, 9.17) is 0 Å². The topological polar surface area (TPSA) is 63.5 Å². The first kappa shape index (κ1) is 15.4. The van der Waals surface area contributed by atoms with Gasteiger partial charge in [0.2, 0.25) is 0 Å². The maximum Gasteiger partial charge on any atom is 0.270 e. The van der Waals surface area contributed by atoms with Gasteiger partial charge in [0.05, 0.1) is 10.5 Å². The first-order valence-electron chi connectivity index (χ1n) is 6.19. The molecular weight excluding hydrogens is 383 g/mol. The largest absolute Gasteiger partial charge is 0.311 e. The maximum atomic E-state index is 12.6. The molecule has 0 N–H and O–H groups in total. The van der Waals surface area contributed by atoms with Gasteiger partial charge < -0.3 is 4.90 Å². The fourth-order valence-corrected chi connectivity index (χ4v) is 2.59. The Morgan fingerprint density at radius 1 is 1.24 bits per heavy atom. The molecule has 0 spiro atoms. The predicted octanol–water partition coefficient (Wildman–Crippen LogP) is 3.78. The van der Waals surface area contributed by atoms with E-state index in [1.54, 1.807) is 13.1 Å². The van der Waals surface area contributed by atoms with Gasteiger partial charge in [0, 0.05) is 28.4 Å². The number of rotatable bonds is 3. The Hall–Kier alpha value is -1.96. The van der Waals surface area contributed by atoms with Gasteiger partial charge in [-0.05, 0) is 47.2 Å². The average molecular weight is 396 g/mol. The van der Waals surface area contributed by atoms with E-state index in [1.807, 2.05) is 53.8 Å². The standard InChI is InChI=1S/C15H13IN2O3/c1-10-5-3-4-6-14(10)17(2)15(19)12-9-11(18(20)21)7-8-13(12)16/h3-9H,1-2H3. The SMILES string of the molecule is Cc1ccccc1N(C)C(=O)c1cc([N+](=O)[O-])ccc1I. The molecule has 0 radical (unpaired) electrons. The van der Waals surface area contributed by atoms with E-state index < -0.39 is 4.92 Å². The molecule has 108 valence electrons. The number of carbonyl (C=O) groups excluding carboxylic acids is 1. The summed E-state index contributed by atoms with van der Waals surface area (Å²) in [6, 6.07) is 11.8. The molecule has 2 rings (SSSR count). The molecule has 0 aliphatic heterocycles. The third-order valence-corrected chi connectivity index (χ3v) is 4.11. The smallest absolute Gasteiger partial charge is 0.270 e. The first-order chi connectivity index (χ1) is 9.91. The maximum absolute atomic E-state index is 12.6. The number of nitrogens with zero attached hydrogens (tertiary/aromatic N) is 2. The van der Waals surface area contributed by atoms with Crippen LogP contribution < -0.4 is 4.90 Å². The van der Waals surface area contributed by atoms with Crippen molar-refractivity contribution in [3.05, 3.63) is 67.3 Å². The highest BCUT2D eigenvalue weighted by molar-refractivity contribution is 14.1. The fourth-order valence-electron chi connectivity index (χ4n) is 2.02. The zero-order chi connectivity index (χ0) is 15.6. The van der Waals surface area contributed by atoms with Crippen molar-refractivity contribution in [3.8, 4) is 0 Å². The summed E-state index contributed by atoms with van der Waals surface area (Å²) >= 11 is 2.01. The Balaban J connectivity index is 2.42. The van der Waals surface area contributed by atoms with Gasteiger partial charge in [-0.15, -0.1) is 0 Å². The van der Waals surface area contributed by atoms with Crippen LogP contribution in [0.15, 0.2) is 42.5 Å². The van der Waals surface area contributed by atoms with Crippen LogP contribution in [0, 0.1) is 20.6 Å². The molecule has 0 aromatic heterocycles. The summed E-state index contributed by atoms with van der Waals surface area (Å²) in [6.45, 7) is 1.91. The second kappa shape index (κ2) is 6.21. The molecule has 0 aliphatic rings. The summed E-state index contributed by atoms with van der Waals surface area (Å²) in [5.74, 6) is -0.266. The zero-order valence-corrected chi connectivity index (χ0v) is 13.7. The highest BCUT2D eigenvalue weighted by atomic mass is 127. The Morgan fingerprint density at radius 2 is 1.90 bits per heavy atom. The number of aryl methyl sites for hydroxylation is 1. The Morgan fingerprint density at radius 3 is 2.52 bits per heavy atom. The molecule has 21 heavy (non-hydrogen) atoms. The number of amides is 1. The summed E-state index contributed by atoms with van der Waals surface area (Å²) in [4.78, 5) is 24.5. The molecule has 0 saturated carbocycles. The Bertz CT molecular complexity index is 716. The third-order valence-electron chi connectivity index (χ3n) is 3.17. The molecule has 0 bridgehead atoms. The minimum Gasteiger partial charge on any atom is -0.311 e. The van der Waals surface area contributed by atoms with Gasteiger partial charge >= 0.3 is 0 Å². The molecular formula is C15H13IN2O3. The normalized spacial score (nSPS) is 10.2. The number of hydrogen-bond donors (Lipinski definition) is 0. The monoisotopic (exact) mass is 396 g/mol. The van der Waals surface area contributed by atoms with Gasteiger partial charge in [-0.3, -0.25) is 14.9 Å². The number of halogens is 1. The molecule has 0 heterocycles. The molecule has 6 heteroatoms. The lowest BCUT2D eigenvalue weighted by Crippen LogP contribution is -2.27. The molecule has 0 saturated heterocycles. The van der Waals surface area contributed by atoms with Gasteiger partial charge in [-0.25, -0.2) is 0 Å². The van der Waals surface area contributed by atoms with Crippen molar-refractivity contribution in [2.75, 3.05) is 11.9 Å². The van der Waals surface area contributed by atoms with Gasteiger partial charge in [0.15, 0.2) is 0 Å². The van der Waals surface area contributed by atoms with Crippen LogP contribution in [0.4, 0.5) is 11.4 Å². The summed E-state index contributed by atoms with van der Waals surface area (Å²) in [5.41, 5.74) is 1.99. The molecule has 2 aromatic rings. The lowest BCUT2D eigenvalue weighted by molar-refractivity contribution is -0.384. The Labute approximate surface area is 135 Å². The van der Waals surface area contributed by atoms with Crippen molar-refractivity contribution >= 4 is 39.9 Å². The van der Waals surface area contributed by atoms with Crippen LogP contribution in [0.1, 0.15) is 15.9 Å². The van der Waals surface area contributed by atoms with Crippen LogP contribution in [0.2, 0.25) is 0 Å². The van der Waals surface area contributed by atoms with Crippen LogP contribution in [-0.4, -0.2) is 17.9 Å². The van der Waals surface area contributed by atoms with E-state index in [0.717, 1.165) is 11.3 Å². The van der Waals surface area contributed by atoms with Gasteiger partial charge in [-0.1, -0.05) is 18.2 Å². The number of anilines is 1. The number of nitro groups is 1. The highest BCUT2D eigenvalue weighted by Crippen LogP contribution is 2.24. The highest BCUT2D eigenvalue weighted by Gasteiger charge is 2.20. The van der Waals surface area contributed by atoms with Gasteiger partial charge in [-0.2, -0.15) is 0 Å². The van der Waals surface area contributed by atoms with Crippen molar-refractivity contribution < 1.29 is 9.72 Å². The summed E-state index contributed by atoms with van der Waals surface area (Å²) in [7, 11) is 1.67. The molecule has 5 nitrogen and oxygen atoms in total. The number of para-hydroxylation sites is 1. The van der Waals surface area contributed by atoms with Crippen LogP contribution in [0.25, 0.3) is 0 Å². The van der Waals surface area contributed by atoms with Crippen molar-refractivity contribution in [3.63, 3.8) is 0 Å². The van der Waals surface area contributed by atoms with E-state index in [9.17, 15) is 14.9 Å². The molecule has 0 aliphatic carbocycles. The van der Waals surface area contributed by atoms with Crippen LogP contribution in [-0.2, 0) is 0 Å². The third kappa shape index (κ3) is 3.21. The van der Waals surface area contributed by atoms with E-state index in [2.05, 4.69) is 0 Å². The second-order valence-corrected chi connectivity index (χ2v) is 5.73. The quantitative estimate of drug-likeness (QED) is 0.451. The van der Waals surface area contributed by atoms with Gasteiger partial charge in [0.1, 0.15) is 0 Å². The lowest BCUT2D eigenvalue weighted by Gasteiger charge is -2.20. The minimum atomic E-state index is -0.499. The van der Waals surface area contributed by atoms with Crippen molar-refractivity contribution in [1.29, 1.82) is 0 Å². The lowest BCUT2D eigenvalue weighted by atomic mass is 10.1. The van der Waals surface area contributed by atoms with Crippen molar-refractivity contribution in [2.45, 2.75) is 6.92 Å².